The number of thiocarbonyl (C=S) groups is 1. The van der Waals surface area contributed by atoms with Crippen LogP contribution in [0.25, 0.3) is 0 Å². The van der Waals surface area contributed by atoms with E-state index in [1.54, 1.807) is 0 Å². The van der Waals surface area contributed by atoms with Crippen molar-refractivity contribution in [3.8, 4) is 0 Å². The Kier molecular flexibility index (Phi) is 5.11. The predicted octanol–water partition coefficient (Wildman–Crippen LogP) is -1.24. The topological polar surface area (TPSA) is 84.2 Å². The lowest BCUT2D eigenvalue weighted by Crippen LogP contribution is -2.38. The second-order valence-electron chi connectivity index (χ2n) is 2.15. The minimum Gasteiger partial charge on any atom is -0.363 e. The molecule has 0 atom stereocenters. The Morgan fingerprint density at radius 3 is 2.50 bits per heavy atom. The molecule has 0 fully saturated rings. The van der Waals surface area contributed by atoms with Crippen molar-refractivity contribution in [2.24, 2.45) is 5.14 Å². The van der Waals surface area contributed by atoms with E-state index in [9.17, 15) is 8.42 Å². The van der Waals surface area contributed by atoms with Gasteiger partial charge in [0.15, 0.2) is 5.11 Å². The van der Waals surface area contributed by atoms with E-state index in [1.807, 2.05) is 6.92 Å². The van der Waals surface area contributed by atoms with E-state index in [1.165, 1.54) is 0 Å². The number of nitrogens with two attached hydrogens (primary N) is 1. The van der Waals surface area contributed by atoms with Crippen LogP contribution >= 0.6 is 12.2 Å². The molecule has 0 aromatic carbocycles. The summed E-state index contributed by atoms with van der Waals surface area (Å²) in [7, 11) is -3.38. The average molecular weight is 211 g/mol. The van der Waals surface area contributed by atoms with Crippen LogP contribution in [0.5, 0.6) is 0 Å². The summed E-state index contributed by atoms with van der Waals surface area (Å²) in [6.45, 7) is 2.85. The van der Waals surface area contributed by atoms with E-state index in [-0.39, 0.29) is 12.3 Å². The Hall–Kier alpha value is -0.400. The van der Waals surface area contributed by atoms with Crippen LogP contribution in [0.2, 0.25) is 0 Å². The highest BCUT2D eigenvalue weighted by Gasteiger charge is 2.01. The van der Waals surface area contributed by atoms with Crippen LogP contribution in [-0.2, 0) is 10.0 Å². The Morgan fingerprint density at radius 1 is 1.50 bits per heavy atom. The number of hydrogen-bond acceptors (Lipinski definition) is 3. The van der Waals surface area contributed by atoms with Crippen molar-refractivity contribution in [1.82, 2.24) is 10.6 Å². The molecule has 0 aliphatic heterocycles. The minimum absolute atomic E-state index is 0.113. The van der Waals surface area contributed by atoms with E-state index in [2.05, 4.69) is 10.6 Å². The van der Waals surface area contributed by atoms with Crippen molar-refractivity contribution in [3.05, 3.63) is 0 Å². The maximum absolute atomic E-state index is 10.4. The van der Waals surface area contributed by atoms with Gasteiger partial charge in [0.1, 0.15) is 0 Å². The number of sulfonamides is 1. The third-order valence-corrected chi connectivity index (χ3v) is 2.07. The normalized spacial score (nSPS) is 10.8. The summed E-state index contributed by atoms with van der Waals surface area (Å²) < 4.78 is 20.9. The van der Waals surface area contributed by atoms with Crippen LogP contribution in [0.15, 0.2) is 0 Å². The molecule has 0 heterocycles. The Morgan fingerprint density at radius 2 is 2.08 bits per heavy atom. The van der Waals surface area contributed by atoms with E-state index in [0.717, 1.165) is 0 Å². The number of hydrogen-bond donors (Lipinski definition) is 3. The van der Waals surface area contributed by atoms with Gasteiger partial charge in [0.25, 0.3) is 0 Å². The molecule has 0 aliphatic carbocycles. The fraction of sp³-hybridized carbons (Fsp3) is 0.800. The molecule has 0 amide bonds. The Balaban J connectivity index is 3.51. The summed E-state index contributed by atoms with van der Waals surface area (Å²) >= 11 is 4.78. The number of rotatable bonds is 4. The van der Waals surface area contributed by atoms with Crippen LogP contribution in [0.1, 0.15) is 6.92 Å². The van der Waals surface area contributed by atoms with Gasteiger partial charge in [-0.2, -0.15) is 0 Å². The van der Waals surface area contributed by atoms with Gasteiger partial charge in [-0.3, -0.25) is 0 Å². The molecule has 12 heavy (non-hydrogen) atoms. The monoisotopic (exact) mass is 211 g/mol. The first-order chi connectivity index (χ1) is 5.45. The molecule has 0 aliphatic rings. The quantitative estimate of drug-likeness (QED) is 0.507. The smallest absolute Gasteiger partial charge is 0.210 e. The maximum Gasteiger partial charge on any atom is 0.210 e. The SMILES string of the molecule is CCNC(=S)NCCS(N)(=O)=O. The molecular formula is C5H13N3O2S2. The van der Waals surface area contributed by atoms with Gasteiger partial charge in [0.05, 0.1) is 5.75 Å². The van der Waals surface area contributed by atoms with Crippen molar-refractivity contribution in [2.75, 3.05) is 18.8 Å². The van der Waals surface area contributed by atoms with Gasteiger partial charge in [-0.15, -0.1) is 0 Å². The van der Waals surface area contributed by atoms with Gasteiger partial charge in [0, 0.05) is 13.1 Å². The highest BCUT2D eigenvalue weighted by atomic mass is 32.2. The summed E-state index contributed by atoms with van der Waals surface area (Å²) in [5, 5.41) is 10.7. The molecule has 7 heteroatoms. The van der Waals surface area contributed by atoms with Crippen molar-refractivity contribution in [2.45, 2.75) is 6.92 Å². The molecular weight excluding hydrogens is 198 g/mol. The first-order valence-electron chi connectivity index (χ1n) is 3.48. The summed E-state index contributed by atoms with van der Waals surface area (Å²) in [4.78, 5) is 0. The highest BCUT2D eigenvalue weighted by molar-refractivity contribution is 7.89. The summed E-state index contributed by atoms with van der Waals surface area (Å²) in [6, 6.07) is 0. The predicted molar refractivity (Wildman–Crippen MR) is 52.3 cm³/mol. The molecule has 0 aromatic heterocycles. The fourth-order valence-electron chi connectivity index (χ4n) is 0.530. The van der Waals surface area contributed by atoms with Crippen molar-refractivity contribution >= 4 is 27.4 Å². The summed E-state index contributed by atoms with van der Waals surface area (Å²) in [5.41, 5.74) is 0. The summed E-state index contributed by atoms with van der Waals surface area (Å²) in [5.74, 6) is -0.113. The second-order valence-corrected chi connectivity index (χ2v) is 4.30. The lowest BCUT2D eigenvalue weighted by atomic mass is 10.7. The van der Waals surface area contributed by atoms with Gasteiger partial charge >= 0.3 is 0 Å². The largest absolute Gasteiger partial charge is 0.363 e. The van der Waals surface area contributed by atoms with Gasteiger partial charge in [-0.1, -0.05) is 0 Å². The molecule has 5 nitrogen and oxygen atoms in total. The first kappa shape index (κ1) is 11.6. The maximum atomic E-state index is 10.4. The van der Waals surface area contributed by atoms with Gasteiger partial charge < -0.3 is 10.6 Å². The molecule has 72 valence electrons. The zero-order valence-electron chi connectivity index (χ0n) is 6.83. The van der Waals surface area contributed by atoms with Crippen LogP contribution in [0, 0.1) is 0 Å². The molecule has 0 aromatic rings. The zero-order valence-corrected chi connectivity index (χ0v) is 8.46. The van der Waals surface area contributed by atoms with E-state index >= 15 is 0 Å². The third kappa shape index (κ3) is 7.70. The summed E-state index contributed by atoms with van der Waals surface area (Å²) in [6.07, 6.45) is 0. The van der Waals surface area contributed by atoms with Gasteiger partial charge in [0.2, 0.25) is 10.0 Å². The molecule has 0 radical (unpaired) electrons. The molecule has 0 unspecified atom stereocenters. The van der Waals surface area contributed by atoms with E-state index < -0.39 is 10.0 Å². The molecule has 0 saturated heterocycles. The highest BCUT2D eigenvalue weighted by Crippen LogP contribution is 1.74. The Bertz CT molecular complexity index is 237. The van der Waals surface area contributed by atoms with Crippen LogP contribution in [0.3, 0.4) is 0 Å². The first-order valence-corrected chi connectivity index (χ1v) is 5.60. The van der Waals surface area contributed by atoms with Crippen molar-refractivity contribution in [1.29, 1.82) is 0 Å². The van der Waals surface area contributed by atoms with Crippen LogP contribution in [0.4, 0.5) is 0 Å². The van der Waals surface area contributed by atoms with E-state index in [4.69, 9.17) is 17.4 Å². The minimum atomic E-state index is -3.38. The van der Waals surface area contributed by atoms with Gasteiger partial charge in [-0.05, 0) is 19.1 Å². The second kappa shape index (κ2) is 5.28. The van der Waals surface area contributed by atoms with E-state index in [0.29, 0.717) is 11.7 Å². The zero-order chi connectivity index (χ0) is 9.61. The molecule has 0 rings (SSSR count). The third-order valence-electron chi connectivity index (χ3n) is 1.01. The molecule has 4 N–H and O–H groups in total. The van der Waals surface area contributed by atoms with Crippen molar-refractivity contribution < 1.29 is 8.42 Å². The van der Waals surface area contributed by atoms with Gasteiger partial charge in [-0.25, -0.2) is 13.6 Å². The fourth-order valence-corrected chi connectivity index (χ4v) is 1.16. The standard InChI is InChI=1S/C5H13N3O2S2/c1-2-7-5(11)8-3-4-12(6,9)10/h2-4H2,1H3,(H2,6,9,10)(H2,7,8,11). The number of nitrogens with one attached hydrogen (secondary N) is 2. The Labute approximate surface area is 77.8 Å². The lowest BCUT2D eigenvalue weighted by Gasteiger charge is -2.06. The average Bonchev–Trinajstić information content (AvgIpc) is 1.84. The lowest BCUT2D eigenvalue weighted by molar-refractivity contribution is 0.596. The van der Waals surface area contributed by atoms with Crippen LogP contribution in [-0.4, -0.2) is 32.4 Å². The van der Waals surface area contributed by atoms with Crippen molar-refractivity contribution in [3.63, 3.8) is 0 Å². The van der Waals surface area contributed by atoms with Crippen LogP contribution < -0.4 is 15.8 Å². The number of primary sulfonamides is 1. The molecule has 0 saturated carbocycles. The molecule has 0 spiro atoms. The molecule has 0 bridgehead atoms.